The number of hydrogen-bond acceptors (Lipinski definition) is 3. The van der Waals surface area contributed by atoms with Crippen molar-refractivity contribution in [3.8, 4) is 0 Å². The number of hydrogen-bond donors (Lipinski definition) is 3. The Bertz CT molecular complexity index is 548. The van der Waals surface area contributed by atoms with E-state index in [0.29, 0.717) is 17.5 Å². The summed E-state index contributed by atoms with van der Waals surface area (Å²) < 4.78 is 0. The van der Waals surface area contributed by atoms with Crippen molar-refractivity contribution in [1.82, 2.24) is 5.32 Å². The Balaban J connectivity index is 1.45. The van der Waals surface area contributed by atoms with Crippen LogP contribution in [0.4, 0.5) is 5.69 Å². The van der Waals surface area contributed by atoms with Gasteiger partial charge in [-0.25, -0.2) is 0 Å². The molecule has 1 amide bonds. The highest BCUT2D eigenvalue weighted by atomic mass is 16.1. The van der Waals surface area contributed by atoms with Crippen LogP contribution in [0.2, 0.25) is 0 Å². The standard InChI is InChI=1S/C15H19N3O/c16-13-8-15(13)6-9(7-15)18-14(19)11-2-1-3-12-10(11)4-5-17-12/h1-3,9,13,17H,4-8,16H2,(H,18,19). The van der Waals surface area contributed by atoms with E-state index in [-0.39, 0.29) is 5.91 Å². The third-order valence-electron chi connectivity index (χ3n) is 5.01. The molecule has 19 heavy (non-hydrogen) atoms. The van der Waals surface area contributed by atoms with E-state index in [1.54, 1.807) is 0 Å². The summed E-state index contributed by atoms with van der Waals surface area (Å²) in [7, 11) is 0. The lowest BCUT2D eigenvalue weighted by atomic mass is 9.76. The Morgan fingerprint density at radius 1 is 1.37 bits per heavy atom. The molecule has 4 heteroatoms. The van der Waals surface area contributed by atoms with Crippen molar-refractivity contribution in [1.29, 1.82) is 0 Å². The maximum atomic E-state index is 12.4. The predicted octanol–water partition coefficient (Wildman–Crippen LogP) is 1.26. The second-order valence-electron chi connectivity index (χ2n) is 6.26. The molecule has 1 aromatic rings. The molecule has 2 fully saturated rings. The minimum Gasteiger partial charge on any atom is -0.384 e. The van der Waals surface area contributed by atoms with E-state index >= 15 is 0 Å². The molecule has 3 aliphatic rings. The molecule has 1 unspecified atom stereocenters. The molecule has 0 saturated heterocycles. The molecule has 4 nitrogen and oxygen atoms in total. The lowest BCUT2D eigenvalue weighted by molar-refractivity contribution is 0.0873. The van der Waals surface area contributed by atoms with Crippen LogP contribution in [0.25, 0.3) is 0 Å². The fourth-order valence-electron chi connectivity index (χ4n) is 3.69. The summed E-state index contributed by atoms with van der Waals surface area (Å²) in [5.74, 6) is 0.0784. The van der Waals surface area contributed by atoms with Crippen LogP contribution >= 0.6 is 0 Å². The van der Waals surface area contributed by atoms with Crippen LogP contribution in [0, 0.1) is 5.41 Å². The Morgan fingerprint density at radius 3 is 2.89 bits per heavy atom. The average Bonchev–Trinajstić information content (AvgIpc) is 2.84. The van der Waals surface area contributed by atoms with Crippen LogP contribution in [-0.2, 0) is 6.42 Å². The van der Waals surface area contributed by atoms with Crippen LogP contribution in [0.15, 0.2) is 18.2 Å². The molecule has 1 aromatic carbocycles. The molecule has 1 spiro atoms. The van der Waals surface area contributed by atoms with E-state index in [4.69, 9.17) is 5.73 Å². The summed E-state index contributed by atoms with van der Waals surface area (Å²) >= 11 is 0. The van der Waals surface area contributed by atoms with E-state index in [1.165, 1.54) is 0 Å². The molecule has 2 saturated carbocycles. The fraction of sp³-hybridized carbons (Fsp3) is 0.533. The monoisotopic (exact) mass is 257 g/mol. The molecule has 4 rings (SSSR count). The van der Waals surface area contributed by atoms with E-state index in [2.05, 4.69) is 10.6 Å². The van der Waals surface area contributed by atoms with Crippen LogP contribution < -0.4 is 16.4 Å². The lowest BCUT2D eigenvalue weighted by Crippen LogP contribution is -2.47. The first kappa shape index (κ1) is 11.3. The maximum Gasteiger partial charge on any atom is 0.251 e. The van der Waals surface area contributed by atoms with Crippen molar-refractivity contribution in [3.63, 3.8) is 0 Å². The normalized spacial score (nSPS) is 34.4. The SMILES string of the molecule is NC1CC12CC(NC(=O)c1cccc3c1CCN3)C2. The van der Waals surface area contributed by atoms with Crippen molar-refractivity contribution < 1.29 is 4.79 Å². The van der Waals surface area contributed by atoms with Gasteiger partial charge in [0.25, 0.3) is 5.91 Å². The second kappa shape index (κ2) is 3.73. The van der Waals surface area contributed by atoms with Gasteiger partial charge in [0.05, 0.1) is 0 Å². The number of nitrogens with one attached hydrogen (secondary N) is 2. The molecule has 0 bridgehead atoms. The molecule has 2 aliphatic carbocycles. The van der Waals surface area contributed by atoms with Crippen molar-refractivity contribution in [2.75, 3.05) is 11.9 Å². The first-order valence-electron chi connectivity index (χ1n) is 7.10. The maximum absolute atomic E-state index is 12.4. The number of benzene rings is 1. The zero-order valence-corrected chi connectivity index (χ0v) is 10.9. The third-order valence-corrected chi connectivity index (χ3v) is 5.01. The highest BCUT2D eigenvalue weighted by Crippen LogP contribution is 2.59. The molecule has 0 radical (unpaired) electrons. The van der Waals surface area contributed by atoms with Crippen molar-refractivity contribution in [2.45, 2.75) is 37.8 Å². The highest BCUT2D eigenvalue weighted by molar-refractivity contribution is 5.97. The quantitative estimate of drug-likeness (QED) is 0.747. The molecule has 1 aliphatic heterocycles. The molecular weight excluding hydrogens is 238 g/mol. The van der Waals surface area contributed by atoms with E-state index < -0.39 is 0 Å². The van der Waals surface area contributed by atoms with E-state index in [9.17, 15) is 4.79 Å². The van der Waals surface area contributed by atoms with Gasteiger partial charge in [-0.05, 0) is 48.8 Å². The van der Waals surface area contributed by atoms with Crippen LogP contribution in [0.3, 0.4) is 0 Å². The highest BCUT2D eigenvalue weighted by Gasteiger charge is 2.60. The van der Waals surface area contributed by atoms with Gasteiger partial charge in [0.2, 0.25) is 0 Å². The van der Waals surface area contributed by atoms with Crippen molar-refractivity contribution in [3.05, 3.63) is 29.3 Å². The number of amides is 1. The fourth-order valence-corrected chi connectivity index (χ4v) is 3.69. The third kappa shape index (κ3) is 1.66. The Labute approximate surface area is 112 Å². The van der Waals surface area contributed by atoms with E-state index in [1.807, 2.05) is 18.2 Å². The number of carbonyl (C=O) groups is 1. The van der Waals surface area contributed by atoms with Crippen LogP contribution in [-0.4, -0.2) is 24.5 Å². The number of fused-ring (bicyclic) bond motifs is 1. The minimum absolute atomic E-state index is 0.0784. The lowest BCUT2D eigenvalue weighted by Gasteiger charge is -2.37. The second-order valence-corrected chi connectivity index (χ2v) is 6.26. The molecule has 100 valence electrons. The Kier molecular flexibility index (Phi) is 2.22. The summed E-state index contributed by atoms with van der Waals surface area (Å²) in [6.45, 7) is 0.932. The Hall–Kier alpha value is -1.55. The molecule has 0 aromatic heterocycles. The topological polar surface area (TPSA) is 67.1 Å². The summed E-state index contributed by atoms with van der Waals surface area (Å²) in [6.07, 6.45) is 4.21. The van der Waals surface area contributed by atoms with Gasteiger partial charge in [-0.2, -0.15) is 0 Å². The summed E-state index contributed by atoms with van der Waals surface area (Å²) in [4.78, 5) is 12.4. The van der Waals surface area contributed by atoms with Gasteiger partial charge >= 0.3 is 0 Å². The minimum atomic E-state index is 0.0784. The van der Waals surface area contributed by atoms with Gasteiger partial charge in [-0.3, -0.25) is 4.79 Å². The zero-order valence-electron chi connectivity index (χ0n) is 10.9. The van der Waals surface area contributed by atoms with E-state index in [0.717, 1.165) is 49.0 Å². The number of nitrogens with two attached hydrogens (primary N) is 1. The largest absolute Gasteiger partial charge is 0.384 e. The first-order valence-corrected chi connectivity index (χ1v) is 7.10. The van der Waals surface area contributed by atoms with Crippen LogP contribution in [0.5, 0.6) is 0 Å². The van der Waals surface area contributed by atoms with Crippen molar-refractivity contribution >= 4 is 11.6 Å². The van der Waals surface area contributed by atoms with Crippen molar-refractivity contribution in [2.24, 2.45) is 11.1 Å². The first-order chi connectivity index (χ1) is 9.18. The summed E-state index contributed by atoms with van der Waals surface area (Å²) in [6, 6.07) is 6.63. The zero-order chi connectivity index (χ0) is 13.0. The average molecular weight is 257 g/mol. The summed E-state index contributed by atoms with van der Waals surface area (Å²) in [5.41, 5.74) is 9.42. The van der Waals surface area contributed by atoms with Gasteiger partial charge in [-0.1, -0.05) is 6.07 Å². The van der Waals surface area contributed by atoms with Gasteiger partial charge in [0.1, 0.15) is 0 Å². The number of anilines is 1. The van der Waals surface area contributed by atoms with Crippen LogP contribution in [0.1, 0.15) is 35.2 Å². The van der Waals surface area contributed by atoms with Gasteiger partial charge in [0.15, 0.2) is 0 Å². The van der Waals surface area contributed by atoms with Gasteiger partial charge < -0.3 is 16.4 Å². The number of carbonyl (C=O) groups excluding carboxylic acids is 1. The molecule has 4 N–H and O–H groups in total. The Morgan fingerprint density at radius 2 is 2.16 bits per heavy atom. The summed E-state index contributed by atoms with van der Waals surface area (Å²) in [5, 5.41) is 6.47. The number of rotatable bonds is 2. The smallest absolute Gasteiger partial charge is 0.251 e. The molecular formula is C15H19N3O. The molecule has 1 heterocycles. The molecule has 1 atom stereocenters. The predicted molar refractivity (Wildman–Crippen MR) is 74.1 cm³/mol. The van der Waals surface area contributed by atoms with Gasteiger partial charge in [-0.15, -0.1) is 0 Å². The van der Waals surface area contributed by atoms with Gasteiger partial charge in [0, 0.05) is 29.9 Å².